The smallest absolute Gasteiger partial charge is 0.389 e. The zero-order chi connectivity index (χ0) is 17.3. The number of halogens is 3. The third-order valence-electron chi connectivity index (χ3n) is 3.03. The van der Waals surface area contributed by atoms with Gasteiger partial charge in [0.15, 0.2) is 5.69 Å². The first-order valence-corrected chi connectivity index (χ1v) is 7.04. The van der Waals surface area contributed by atoms with Gasteiger partial charge in [-0.3, -0.25) is 9.48 Å². The van der Waals surface area contributed by atoms with Crippen LogP contribution >= 0.6 is 0 Å². The molecular formula is C14H22F3N3O2. The highest BCUT2D eigenvalue weighted by Gasteiger charge is 2.41. The number of carbonyl (C=O) groups is 1. The number of aliphatic hydroxyl groups is 1. The summed E-state index contributed by atoms with van der Waals surface area (Å²) >= 11 is 0. The first-order valence-electron chi connectivity index (χ1n) is 7.04. The number of alkyl halides is 3. The summed E-state index contributed by atoms with van der Waals surface area (Å²) in [5.41, 5.74) is -2.74. The van der Waals surface area contributed by atoms with E-state index in [1.807, 2.05) is 0 Å². The van der Waals surface area contributed by atoms with E-state index in [1.165, 1.54) is 18.7 Å². The minimum absolute atomic E-state index is 0.0630. The fourth-order valence-corrected chi connectivity index (χ4v) is 2.16. The van der Waals surface area contributed by atoms with Gasteiger partial charge >= 0.3 is 6.18 Å². The minimum atomic E-state index is -4.68. The Labute approximate surface area is 127 Å². The first-order chi connectivity index (χ1) is 9.88. The summed E-state index contributed by atoms with van der Waals surface area (Å²) in [5.74, 6) is -0.788. The van der Waals surface area contributed by atoms with Gasteiger partial charge in [-0.1, -0.05) is 0 Å². The normalized spacial score (nSPS) is 12.8. The van der Waals surface area contributed by atoms with Crippen LogP contribution in [-0.4, -0.2) is 44.4 Å². The predicted molar refractivity (Wildman–Crippen MR) is 75.5 cm³/mol. The summed E-state index contributed by atoms with van der Waals surface area (Å²) < 4.78 is 40.7. The van der Waals surface area contributed by atoms with E-state index in [0.717, 1.165) is 10.9 Å². The molecule has 0 saturated heterocycles. The van der Waals surface area contributed by atoms with Crippen molar-refractivity contribution >= 4 is 5.91 Å². The Morgan fingerprint density at radius 3 is 2.32 bits per heavy atom. The maximum absolute atomic E-state index is 13.3. The molecule has 126 valence electrons. The lowest BCUT2D eigenvalue weighted by molar-refractivity contribution is -0.145. The van der Waals surface area contributed by atoms with Crippen molar-refractivity contribution in [1.82, 2.24) is 14.7 Å². The highest BCUT2D eigenvalue weighted by atomic mass is 19.4. The van der Waals surface area contributed by atoms with Gasteiger partial charge in [0.05, 0.1) is 17.4 Å². The highest BCUT2D eigenvalue weighted by Crippen LogP contribution is 2.34. The minimum Gasteiger partial charge on any atom is -0.389 e. The Kier molecular flexibility index (Phi) is 5.27. The highest BCUT2D eigenvalue weighted by molar-refractivity contribution is 5.95. The molecule has 8 heteroatoms. The Morgan fingerprint density at radius 1 is 1.41 bits per heavy atom. The van der Waals surface area contributed by atoms with Gasteiger partial charge in [-0.15, -0.1) is 0 Å². The molecule has 0 aliphatic rings. The molecule has 0 fully saturated rings. The number of hydrogen-bond acceptors (Lipinski definition) is 3. The predicted octanol–water partition coefficient (Wildman–Crippen LogP) is 2.72. The maximum atomic E-state index is 13.3. The molecule has 1 heterocycles. The average molecular weight is 321 g/mol. The summed E-state index contributed by atoms with van der Waals surface area (Å²) in [4.78, 5) is 13.6. The summed E-state index contributed by atoms with van der Waals surface area (Å²) in [6, 6.07) is -0.525. The van der Waals surface area contributed by atoms with E-state index in [4.69, 9.17) is 0 Å². The molecule has 1 amide bonds. The number of hydrogen-bond donors (Lipinski definition) is 1. The third kappa shape index (κ3) is 4.22. The number of likely N-dealkylation sites (N-methyl/N-ethyl adjacent to an activating group) is 1. The fraction of sp³-hybridized carbons (Fsp3) is 0.714. The molecule has 0 spiro atoms. The fourth-order valence-electron chi connectivity index (χ4n) is 2.16. The topological polar surface area (TPSA) is 58.4 Å². The molecule has 0 saturated carbocycles. The van der Waals surface area contributed by atoms with E-state index in [0.29, 0.717) is 0 Å². The first kappa shape index (κ1) is 18.5. The molecule has 1 aromatic rings. The lowest BCUT2D eigenvalue weighted by atomic mass is 10.1. The zero-order valence-electron chi connectivity index (χ0n) is 13.4. The van der Waals surface area contributed by atoms with Crippen LogP contribution in [0.5, 0.6) is 0 Å². The second kappa shape index (κ2) is 6.28. The van der Waals surface area contributed by atoms with Crippen molar-refractivity contribution in [2.45, 2.75) is 52.4 Å². The Bertz CT molecular complexity index is 530. The maximum Gasteiger partial charge on any atom is 0.433 e. The van der Waals surface area contributed by atoms with Crippen molar-refractivity contribution in [2.75, 3.05) is 13.1 Å². The van der Waals surface area contributed by atoms with Crippen molar-refractivity contribution in [3.63, 3.8) is 0 Å². The van der Waals surface area contributed by atoms with Crippen molar-refractivity contribution in [2.24, 2.45) is 0 Å². The molecule has 0 unspecified atom stereocenters. The summed E-state index contributed by atoms with van der Waals surface area (Å²) in [6.07, 6.45) is -3.74. The number of carbonyl (C=O) groups excluding carboxylic acids is 1. The molecule has 0 aromatic carbocycles. The van der Waals surface area contributed by atoms with Gasteiger partial charge in [-0.05, 0) is 34.6 Å². The van der Waals surface area contributed by atoms with Crippen LogP contribution in [0.15, 0.2) is 6.20 Å². The van der Waals surface area contributed by atoms with Crippen molar-refractivity contribution in [1.29, 1.82) is 0 Å². The summed E-state index contributed by atoms with van der Waals surface area (Å²) in [5, 5.41) is 13.5. The molecule has 0 atom stereocenters. The van der Waals surface area contributed by atoms with Crippen LogP contribution in [0.1, 0.15) is 56.7 Å². The van der Waals surface area contributed by atoms with Gasteiger partial charge in [0, 0.05) is 19.1 Å². The van der Waals surface area contributed by atoms with E-state index in [1.54, 1.807) is 20.8 Å². The lowest BCUT2D eigenvalue weighted by Crippen LogP contribution is -2.42. The quantitative estimate of drug-likeness (QED) is 0.907. The van der Waals surface area contributed by atoms with E-state index in [-0.39, 0.29) is 13.1 Å². The molecule has 5 nitrogen and oxygen atoms in total. The number of nitrogens with zero attached hydrogens (tertiary/aromatic N) is 3. The van der Waals surface area contributed by atoms with E-state index >= 15 is 0 Å². The van der Waals surface area contributed by atoms with Gasteiger partial charge in [0.2, 0.25) is 0 Å². The number of aromatic nitrogens is 2. The van der Waals surface area contributed by atoms with Crippen molar-refractivity contribution < 1.29 is 23.1 Å². The van der Waals surface area contributed by atoms with Gasteiger partial charge in [-0.2, -0.15) is 18.3 Å². The standard InChI is InChI=1S/C14H22F3N3O2/c1-6-19(8-13(4,5)22)12(21)10-7-18-20(9(2)3)11(10)14(15,16)17/h7,9,22H,6,8H2,1-5H3. The summed E-state index contributed by atoms with van der Waals surface area (Å²) in [6.45, 7) is 7.87. The van der Waals surface area contributed by atoms with Crippen molar-refractivity contribution in [3.8, 4) is 0 Å². The van der Waals surface area contributed by atoms with E-state index in [2.05, 4.69) is 5.10 Å². The van der Waals surface area contributed by atoms with Gasteiger partial charge in [0.1, 0.15) is 0 Å². The molecule has 1 aromatic heterocycles. The Morgan fingerprint density at radius 2 is 1.95 bits per heavy atom. The van der Waals surface area contributed by atoms with Gasteiger partial charge in [-0.25, -0.2) is 0 Å². The zero-order valence-corrected chi connectivity index (χ0v) is 13.4. The number of amides is 1. The van der Waals surface area contributed by atoms with E-state index < -0.39 is 35.0 Å². The van der Waals surface area contributed by atoms with Crippen LogP contribution in [0, 0.1) is 0 Å². The summed E-state index contributed by atoms with van der Waals surface area (Å²) in [7, 11) is 0. The molecule has 22 heavy (non-hydrogen) atoms. The average Bonchev–Trinajstić information content (AvgIpc) is 2.78. The Balaban J connectivity index is 3.28. The number of rotatable bonds is 5. The van der Waals surface area contributed by atoms with Crippen LogP contribution in [0.3, 0.4) is 0 Å². The van der Waals surface area contributed by atoms with Gasteiger partial charge in [0.25, 0.3) is 5.91 Å². The Hall–Kier alpha value is -1.57. The largest absolute Gasteiger partial charge is 0.433 e. The second-order valence-electron chi connectivity index (χ2n) is 6.07. The molecule has 0 bridgehead atoms. The van der Waals surface area contributed by atoms with Crippen LogP contribution in [0.2, 0.25) is 0 Å². The third-order valence-corrected chi connectivity index (χ3v) is 3.03. The SMILES string of the molecule is CCN(CC(C)(C)O)C(=O)c1cnn(C(C)C)c1C(F)(F)F. The molecule has 0 aliphatic heterocycles. The van der Waals surface area contributed by atoms with Crippen LogP contribution in [-0.2, 0) is 6.18 Å². The van der Waals surface area contributed by atoms with Crippen LogP contribution in [0.4, 0.5) is 13.2 Å². The lowest BCUT2D eigenvalue weighted by Gasteiger charge is -2.28. The van der Waals surface area contributed by atoms with Crippen LogP contribution < -0.4 is 0 Å². The molecule has 1 N–H and O–H groups in total. The monoisotopic (exact) mass is 321 g/mol. The van der Waals surface area contributed by atoms with Crippen molar-refractivity contribution in [3.05, 3.63) is 17.5 Å². The second-order valence-corrected chi connectivity index (χ2v) is 6.07. The molecular weight excluding hydrogens is 299 g/mol. The molecule has 0 aliphatic carbocycles. The van der Waals surface area contributed by atoms with Gasteiger partial charge < -0.3 is 10.0 Å². The molecule has 0 radical (unpaired) electrons. The van der Waals surface area contributed by atoms with E-state index in [9.17, 15) is 23.1 Å². The van der Waals surface area contributed by atoms with Crippen LogP contribution in [0.25, 0.3) is 0 Å². The molecule has 1 rings (SSSR count).